The topological polar surface area (TPSA) is 74.0 Å². The molecule has 0 unspecified atom stereocenters. The molecule has 57 heavy (non-hydrogen) atoms. The van der Waals surface area contributed by atoms with Gasteiger partial charge in [-0.15, -0.1) is 0 Å². The number of benzene rings is 6. The molecule has 2 aromatic heterocycles. The van der Waals surface area contributed by atoms with Crippen molar-refractivity contribution in [2.24, 2.45) is 5.10 Å². The van der Waals surface area contributed by atoms with Gasteiger partial charge in [-0.1, -0.05) is 133 Å². The van der Waals surface area contributed by atoms with Crippen molar-refractivity contribution in [2.45, 2.75) is 0 Å². The van der Waals surface area contributed by atoms with Crippen LogP contribution >= 0.6 is 0 Å². The number of anilines is 1. The first-order chi connectivity index (χ1) is 28.1. The van der Waals surface area contributed by atoms with Crippen LogP contribution in [0.1, 0.15) is 11.1 Å². The van der Waals surface area contributed by atoms with E-state index in [9.17, 15) is 5.41 Å². The number of nitrogens with zero attached hydrogens (tertiary/aromatic N) is 3. The third kappa shape index (κ3) is 7.77. The Balaban J connectivity index is 1.22. The fraction of sp³-hybridized carbons (Fsp3) is 0. The molecule has 0 aliphatic heterocycles. The van der Waals surface area contributed by atoms with Gasteiger partial charge in [-0.05, 0) is 134 Å². The second kappa shape index (κ2) is 15.9. The Labute approximate surface area is 332 Å². The van der Waals surface area contributed by atoms with Gasteiger partial charge in [-0.2, -0.15) is 5.10 Å². The molecule has 0 amide bonds. The number of pyridine rings is 2. The second-order valence-electron chi connectivity index (χ2n) is 13.8. The smallest absolute Gasteiger partial charge is 0.146 e. The predicted molar refractivity (Wildman–Crippen MR) is 237 cm³/mol. The van der Waals surface area contributed by atoms with Gasteiger partial charge in [0.15, 0.2) is 0 Å². The maximum absolute atomic E-state index is 9.60. The summed E-state index contributed by atoms with van der Waals surface area (Å²) in [5.41, 5.74) is 18.0. The molecule has 2 N–H and O–H groups in total. The van der Waals surface area contributed by atoms with E-state index in [1.54, 1.807) is 6.20 Å². The Kier molecular flexibility index (Phi) is 9.77. The van der Waals surface area contributed by atoms with E-state index in [0.29, 0.717) is 11.5 Å². The average Bonchev–Trinajstić information content (AvgIpc) is 3.29. The molecular weight excluding hydrogens is 695 g/mol. The molecule has 0 saturated heterocycles. The molecule has 0 fully saturated rings. The number of nitrogens with one attached hydrogen (secondary N) is 2. The van der Waals surface area contributed by atoms with E-state index in [-0.39, 0.29) is 5.71 Å². The monoisotopic (exact) mass is 731 g/mol. The maximum Gasteiger partial charge on any atom is 0.146 e. The highest BCUT2D eigenvalue weighted by molar-refractivity contribution is 6.62. The van der Waals surface area contributed by atoms with E-state index < -0.39 is 0 Å². The van der Waals surface area contributed by atoms with Crippen molar-refractivity contribution in [1.82, 2.24) is 9.97 Å². The van der Waals surface area contributed by atoms with Crippen LogP contribution in [0, 0.1) is 5.41 Å². The number of rotatable bonds is 9. The summed E-state index contributed by atoms with van der Waals surface area (Å²) in [4.78, 5) is 9.29. The number of aromatic nitrogens is 2. The van der Waals surface area contributed by atoms with Crippen LogP contribution in [0.5, 0.6) is 0 Å². The molecule has 1 aliphatic rings. The highest BCUT2D eigenvalue weighted by Crippen LogP contribution is 2.37. The van der Waals surface area contributed by atoms with Crippen LogP contribution in [0.2, 0.25) is 0 Å². The molecule has 0 spiro atoms. The summed E-state index contributed by atoms with van der Waals surface area (Å²) in [7, 11) is 0. The van der Waals surface area contributed by atoms with Crippen molar-refractivity contribution in [3.63, 3.8) is 0 Å². The molecule has 5 nitrogen and oxygen atoms in total. The number of hydrogen-bond acceptors (Lipinski definition) is 5. The minimum Gasteiger partial charge on any atom is -0.299 e. The van der Waals surface area contributed by atoms with Gasteiger partial charge in [0, 0.05) is 11.8 Å². The Morgan fingerprint density at radius 2 is 0.860 bits per heavy atom. The fourth-order valence-electron chi connectivity index (χ4n) is 7.18. The van der Waals surface area contributed by atoms with Crippen LogP contribution < -0.4 is 5.43 Å². The molecule has 2 heterocycles. The van der Waals surface area contributed by atoms with E-state index >= 15 is 0 Å². The first-order valence-electron chi connectivity index (χ1n) is 18.9. The lowest BCUT2D eigenvalue weighted by atomic mass is 9.84. The number of hydrazone groups is 1. The zero-order valence-electron chi connectivity index (χ0n) is 31.0. The predicted octanol–water partition coefficient (Wildman–Crippen LogP) is 12.8. The zero-order chi connectivity index (χ0) is 38.4. The van der Waals surface area contributed by atoms with Crippen molar-refractivity contribution in [3.8, 4) is 55.9 Å². The van der Waals surface area contributed by atoms with Crippen molar-refractivity contribution in [3.05, 3.63) is 224 Å². The lowest BCUT2D eigenvalue weighted by Crippen LogP contribution is -2.19. The summed E-state index contributed by atoms with van der Waals surface area (Å²) in [6.07, 6.45) is 5.85. The van der Waals surface area contributed by atoms with Crippen molar-refractivity contribution in [1.29, 1.82) is 5.41 Å². The summed E-state index contributed by atoms with van der Waals surface area (Å²) in [6, 6.07) is 66.6. The summed E-state index contributed by atoms with van der Waals surface area (Å²) in [5, 5.41) is 14.5. The maximum atomic E-state index is 9.60. The quantitative estimate of drug-likeness (QED) is 0.115. The van der Waals surface area contributed by atoms with Gasteiger partial charge >= 0.3 is 0 Å². The summed E-state index contributed by atoms with van der Waals surface area (Å²) < 4.78 is 0. The van der Waals surface area contributed by atoms with Crippen LogP contribution in [-0.2, 0) is 0 Å². The van der Waals surface area contributed by atoms with Crippen molar-refractivity contribution >= 4 is 28.4 Å². The van der Waals surface area contributed by atoms with Gasteiger partial charge in [0.2, 0.25) is 0 Å². The molecule has 6 aromatic carbocycles. The first kappa shape index (κ1) is 35.0. The molecule has 9 rings (SSSR count). The Hall–Kier alpha value is -7.76. The molecule has 5 heteroatoms. The molecule has 1 aliphatic carbocycles. The molecule has 0 saturated carbocycles. The van der Waals surface area contributed by atoms with Gasteiger partial charge in [0.05, 0.1) is 17.1 Å². The second-order valence-corrected chi connectivity index (χ2v) is 13.8. The molecular formula is C52H37N5. The first-order valence-corrected chi connectivity index (χ1v) is 18.9. The minimum absolute atomic E-state index is 0.286. The number of allylic oxidation sites excluding steroid dienone is 4. The molecule has 0 radical (unpaired) electrons. The van der Waals surface area contributed by atoms with E-state index in [0.717, 1.165) is 78.2 Å². The summed E-state index contributed by atoms with van der Waals surface area (Å²) in [5.74, 6) is 0.554. The standard InChI is InChI=1S/C52H37N5/c53-48-35-45(44-30-40(36-16-5-1-6-17-36)28-41(31-44)37-18-7-2-8-19-37)34-47(52(48)57-56-51-26-15-25-50(55-51)49-24-13-14-27-54-49)46-32-42(38-20-9-3-10-21-38)29-43(33-46)39-22-11-4-12-23-39/h1-35,53H,(H,55,56)/b53-48?,57-52-. The van der Waals surface area contributed by atoms with Gasteiger partial charge in [0.1, 0.15) is 11.5 Å². The van der Waals surface area contributed by atoms with E-state index in [4.69, 9.17) is 10.1 Å². The lowest BCUT2D eigenvalue weighted by Gasteiger charge is -2.21. The van der Waals surface area contributed by atoms with E-state index in [1.165, 1.54) is 0 Å². The fourth-order valence-corrected chi connectivity index (χ4v) is 7.18. The normalized spacial score (nSPS) is 13.2. The number of hydrogen-bond donors (Lipinski definition) is 2. The van der Waals surface area contributed by atoms with Crippen molar-refractivity contribution < 1.29 is 0 Å². The Morgan fingerprint density at radius 3 is 1.35 bits per heavy atom. The third-order valence-corrected chi connectivity index (χ3v) is 10.0. The molecule has 8 aromatic rings. The van der Waals surface area contributed by atoms with Crippen molar-refractivity contribution in [2.75, 3.05) is 5.43 Å². The highest BCUT2D eigenvalue weighted by atomic mass is 15.3. The van der Waals surface area contributed by atoms with E-state index in [1.807, 2.05) is 66.7 Å². The Bertz CT molecular complexity index is 2680. The molecule has 0 bridgehead atoms. The Morgan fingerprint density at radius 1 is 0.404 bits per heavy atom. The largest absolute Gasteiger partial charge is 0.299 e. The van der Waals surface area contributed by atoms with Crippen LogP contribution in [-0.4, -0.2) is 21.4 Å². The zero-order valence-corrected chi connectivity index (χ0v) is 31.0. The van der Waals surface area contributed by atoms with Gasteiger partial charge in [-0.25, -0.2) is 4.98 Å². The van der Waals surface area contributed by atoms with E-state index in [2.05, 4.69) is 150 Å². The average molecular weight is 732 g/mol. The highest BCUT2D eigenvalue weighted by Gasteiger charge is 2.23. The third-order valence-electron chi connectivity index (χ3n) is 10.0. The van der Waals surface area contributed by atoms with Gasteiger partial charge in [-0.3, -0.25) is 15.8 Å². The van der Waals surface area contributed by atoms with Crippen LogP contribution in [0.3, 0.4) is 0 Å². The minimum atomic E-state index is 0.286. The SMILES string of the molecule is N=C1C=C(c2cc(-c3ccccc3)cc(-c3ccccc3)c2)C=C(c2cc(-c3ccccc3)cc(-c3ccccc3)c2)/C1=N/Nc1cccc(-c2ccccn2)n1. The van der Waals surface area contributed by atoms with Gasteiger partial charge < -0.3 is 0 Å². The molecule has 270 valence electrons. The van der Waals surface area contributed by atoms with Crippen LogP contribution in [0.15, 0.2) is 218 Å². The van der Waals surface area contributed by atoms with Crippen LogP contribution in [0.4, 0.5) is 5.82 Å². The van der Waals surface area contributed by atoms with Gasteiger partial charge in [0.25, 0.3) is 0 Å². The summed E-state index contributed by atoms with van der Waals surface area (Å²) >= 11 is 0. The lowest BCUT2D eigenvalue weighted by molar-refractivity contribution is 1.20. The summed E-state index contributed by atoms with van der Waals surface area (Å²) in [6.45, 7) is 0. The van der Waals surface area contributed by atoms with Crippen LogP contribution in [0.25, 0.3) is 67.0 Å². The molecule has 0 atom stereocenters.